The van der Waals surface area contributed by atoms with E-state index in [9.17, 15) is 4.79 Å². The average molecular weight is 576 g/mol. The van der Waals surface area contributed by atoms with Gasteiger partial charge in [0.15, 0.2) is 22.5 Å². The zero-order chi connectivity index (χ0) is 26.2. The summed E-state index contributed by atoms with van der Waals surface area (Å²) < 4.78 is 28.3. The fourth-order valence-corrected chi connectivity index (χ4v) is 6.12. The van der Waals surface area contributed by atoms with E-state index in [4.69, 9.17) is 37.7 Å². The molecule has 12 heteroatoms. The molecule has 3 aromatic heterocycles. The highest BCUT2D eigenvalue weighted by Gasteiger charge is 2.37. The van der Waals surface area contributed by atoms with Crippen molar-refractivity contribution in [1.82, 2.24) is 24.2 Å². The van der Waals surface area contributed by atoms with Crippen molar-refractivity contribution in [2.24, 2.45) is 0 Å². The summed E-state index contributed by atoms with van der Waals surface area (Å²) in [5.41, 5.74) is 2.79. The number of halogens is 3. The lowest BCUT2D eigenvalue weighted by Gasteiger charge is -2.36. The summed E-state index contributed by atoms with van der Waals surface area (Å²) in [6.07, 6.45) is 2.45. The van der Waals surface area contributed by atoms with Crippen LogP contribution >= 0.6 is 34.5 Å². The molecule has 0 radical (unpaired) electrons. The normalized spacial score (nSPS) is 18.1. The molecule has 2 aliphatic rings. The standard InChI is InChI=1S/C26H24Cl2FN5O3S/c27-16-1-3-18(19(29)13-16)23-24-20(31-26-34(24)9-12-38-26)5-6-33(23)22(35)15-37-21-4-2-17(30-25(21)28)14-32-7-10-36-11-8-32/h1-4,9,12-13,23H,5-8,10-11,14-15H2. The summed E-state index contributed by atoms with van der Waals surface area (Å²) in [6.45, 7) is 3.85. The van der Waals surface area contributed by atoms with Crippen LogP contribution in [0.15, 0.2) is 41.9 Å². The number of carbonyl (C=O) groups is 1. The minimum Gasteiger partial charge on any atom is -0.481 e. The first-order valence-corrected chi connectivity index (χ1v) is 13.9. The van der Waals surface area contributed by atoms with Gasteiger partial charge in [-0.05, 0) is 24.3 Å². The number of carbonyl (C=O) groups excluding carboxylic acids is 1. The highest BCUT2D eigenvalue weighted by atomic mass is 35.5. The molecule has 1 aromatic carbocycles. The first-order chi connectivity index (χ1) is 18.5. The second kappa shape index (κ2) is 10.8. The van der Waals surface area contributed by atoms with Gasteiger partial charge in [-0.25, -0.2) is 14.4 Å². The van der Waals surface area contributed by atoms with Crippen LogP contribution in [0.4, 0.5) is 4.39 Å². The molecule has 38 heavy (non-hydrogen) atoms. The molecular weight excluding hydrogens is 552 g/mol. The van der Waals surface area contributed by atoms with Crippen molar-refractivity contribution < 1.29 is 18.7 Å². The van der Waals surface area contributed by atoms with Crippen LogP contribution in [0, 0.1) is 5.82 Å². The van der Waals surface area contributed by atoms with Gasteiger partial charge in [0.25, 0.3) is 5.91 Å². The summed E-state index contributed by atoms with van der Waals surface area (Å²) in [5, 5.41) is 2.40. The lowest BCUT2D eigenvalue weighted by atomic mass is 9.95. The number of imidazole rings is 1. The summed E-state index contributed by atoms with van der Waals surface area (Å²) >= 11 is 13.9. The first kappa shape index (κ1) is 25.5. The summed E-state index contributed by atoms with van der Waals surface area (Å²) in [7, 11) is 0. The lowest BCUT2D eigenvalue weighted by molar-refractivity contribution is -0.135. The van der Waals surface area contributed by atoms with Crippen molar-refractivity contribution in [3.63, 3.8) is 0 Å². The molecule has 1 saturated heterocycles. The van der Waals surface area contributed by atoms with Crippen LogP contribution in [0.1, 0.15) is 28.7 Å². The highest BCUT2D eigenvalue weighted by Crippen LogP contribution is 2.38. The van der Waals surface area contributed by atoms with Crippen LogP contribution in [-0.4, -0.2) is 69.5 Å². The monoisotopic (exact) mass is 575 g/mol. The smallest absolute Gasteiger partial charge is 0.261 e. The number of ether oxygens (including phenoxy) is 2. The number of nitrogens with zero attached hydrogens (tertiary/aromatic N) is 5. The van der Waals surface area contributed by atoms with Crippen molar-refractivity contribution in [1.29, 1.82) is 0 Å². The Morgan fingerprint density at radius 3 is 2.79 bits per heavy atom. The molecule has 198 valence electrons. The summed E-state index contributed by atoms with van der Waals surface area (Å²) in [5.74, 6) is -0.460. The van der Waals surface area contributed by atoms with E-state index in [1.807, 2.05) is 22.0 Å². The topological polar surface area (TPSA) is 72.2 Å². The van der Waals surface area contributed by atoms with Crippen LogP contribution < -0.4 is 4.74 Å². The van der Waals surface area contributed by atoms with Gasteiger partial charge in [0.2, 0.25) is 0 Å². The van der Waals surface area contributed by atoms with E-state index in [1.54, 1.807) is 23.1 Å². The maximum absolute atomic E-state index is 15.2. The number of rotatable bonds is 6. The maximum Gasteiger partial charge on any atom is 0.261 e. The predicted octanol–water partition coefficient (Wildman–Crippen LogP) is 4.62. The molecule has 8 nitrogen and oxygen atoms in total. The number of thiazole rings is 1. The number of hydrogen-bond acceptors (Lipinski definition) is 7. The number of pyridine rings is 1. The SMILES string of the molecule is O=C(COc1ccc(CN2CCOCC2)nc1Cl)N1CCc2nc3sccn3c2C1c1ccc(Cl)cc1F. The molecule has 0 spiro atoms. The van der Waals surface area contributed by atoms with E-state index in [0.29, 0.717) is 44.0 Å². The van der Waals surface area contributed by atoms with E-state index < -0.39 is 11.9 Å². The predicted molar refractivity (Wildman–Crippen MR) is 143 cm³/mol. The largest absolute Gasteiger partial charge is 0.481 e. The molecular formula is C26H24Cl2FN5O3S. The third-order valence-electron chi connectivity index (χ3n) is 6.83. The van der Waals surface area contributed by atoms with Gasteiger partial charge < -0.3 is 14.4 Å². The molecule has 0 N–H and O–H groups in total. The van der Waals surface area contributed by atoms with E-state index >= 15 is 4.39 Å². The summed E-state index contributed by atoms with van der Waals surface area (Å²) in [6, 6.07) is 7.41. The van der Waals surface area contributed by atoms with Crippen molar-refractivity contribution >= 4 is 45.4 Å². The molecule has 0 aliphatic carbocycles. The molecule has 1 fully saturated rings. The average Bonchev–Trinajstić information content (AvgIpc) is 3.50. The van der Waals surface area contributed by atoms with E-state index in [0.717, 1.165) is 35.1 Å². The zero-order valence-electron chi connectivity index (χ0n) is 20.3. The summed E-state index contributed by atoms with van der Waals surface area (Å²) in [4.78, 5) is 27.4. The molecule has 2 aliphatic heterocycles. The van der Waals surface area contributed by atoms with Gasteiger partial charge in [-0.1, -0.05) is 29.3 Å². The number of aromatic nitrogens is 3. The second-order valence-corrected chi connectivity index (χ2v) is 10.8. The van der Waals surface area contributed by atoms with Crippen molar-refractivity contribution in [3.05, 3.63) is 80.5 Å². The van der Waals surface area contributed by atoms with E-state index in [-0.39, 0.29) is 22.7 Å². The molecule has 4 aromatic rings. The molecule has 1 unspecified atom stereocenters. The highest BCUT2D eigenvalue weighted by molar-refractivity contribution is 7.15. The molecule has 5 heterocycles. The number of morpholine rings is 1. The lowest BCUT2D eigenvalue weighted by Crippen LogP contribution is -2.43. The Morgan fingerprint density at radius 1 is 1.16 bits per heavy atom. The number of benzene rings is 1. The van der Waals surface area contributed by atoms with Gasteiger partial charge in [0.05, 0.1) is 30.3 Å². The Morgan fingerprint density at radius 2 is 2.00 bits per heavy atom. The fraction of sp³-hybridized carbons (Fsp3) is 0.346. The minimum absolute atomic E-state index is 0.195. The quantitative estimate of drug-likeness (QED) is 0.312. The van der Waals surface area contributed by atoms with Gasteiger partial charge in [0.1, 0.15) is 11.9 Å². The van der Waals surface area contributed by atoms with Crippen LogP contribution in [0.2, 0.25) is 10.2 Å². The van der Waals surface area contributed by atoms with Crippen LogP contribution in [0.3, 0.4) is 0 Å². The van der Waals surface area contributed by atoms with Gasteiger partial charge >= 0.3 is 0 Å². The van der Waals surface area contributed by atoms with E-state index in [2.05, 4.69) is 9.88 Å². The van der Waals surface area contributed by atoms with Crippen LogP contribution in [-0.2, 0) is 22.5 Å². The Hall–Kier alpha value is -2.76. The molecule has 0 bridgehead atoms. The second-order valence-electron chi connectivity index (χ2n) is 9.17. The molecule has 1 atom stereocenters. The molecule has 0 saturated carbocycles. The fourth-order valence-electron chi connectivity index (χ4n) is 5.00. The third kappa shape index (κ3) is 4.99. The number of amides is 1. The van der Waals surface area contributed by atoms with Gasteiger partial charge in [-0.15, -0.1) is 11.3 Å². The zero-order valence-corrected chi connectivity index (χ0v) is 22.6. The Bertz CT molecular complexity index is 1490. The minimum atomic E-state index is -0.679. The molecule has 6 rings (SSSR count). The number of fused-ring (bicyclic) bond motifs is 3. The van der Waals surface area contributed by atoms with Crippen molar-refractivity contribution in [3.8, 4) is 5.75 Å². The van der Waals surface area contributed by atoms with Crippen LogP contribution in [0.25, 0.3) is 4.96 Å². The van der Waals surface area contributed by atoms with E-state index in [1.165, 1.54) is 17.4 Å². The van der Waals surface area contributed by atoms with Crippen LogP contribution in [0.5, 0.6) is 5.75 Å². The Kier molecular flexibility index (Phi) is 7.24. The van der Waals surface area contributed by atoms with Crippen molar-refractivity contribution in [2.45, 2.75) is 19.0 Å². The van der Waals surface area contributed by atoms with Gasteiger partial charge in [0, 0.05) is 54.8 Å². The van der Waals surface area contributed by atoms with Crippen molar-refractivity contribution in [2.75, 3.05) is 39.5 Å². The Labute approximate surface area is 232 Å². The first-order valence-electron chi connectivity index (χ1n) is 12.2. The number of hydrogen-bond donors (Lipinski definition) is 0. The van der Waals surface area contributed by atoms with Gasteiger partial charge in [-0.2, -0.15) is 0 Å². The third-order valence-corrected chi connectivity index (χ3v) is 8.09. The Balaban J connectivity index is 1.23. The van der Waals surface area contributed by atoms with Gasteiger partial charge in [-0.3, -0.25) is 14.1 Å². The molecule has 1 amide bonds. The maximum atomic E-state index is 15.2.